The van der Waals surface area contributed by atoms with Crippen LogP contribution in [-0.2, 0) is 9.53 Å². The molecule has 1 fully saturated rings. The number of hydrogen-bond acceptors (Lipinski definition) is 4. The molecule has 0 unspecified atom stereocenters. The number of carbonyl (C=O) groups is 1. The molecule has 1 aliphatic rings. The summed E-state index contributed by atoms with van der Waals surface area (Å²) in [6.07, 6.45) is 5.99. The number of aromatic amines is 1. The van der Waals surface area contributed by atoms with Crippen LogP contribution < -0.4 is 0 Å². The summed E-state index contributed by atoms with van der Waals surface area (Å²) >= 11 is 0. The Morgan fingerprint density at radius 1 is 1.48 bits per heavy atom. The van der Waals surface area contributed by atoms with E-state index < -0.39 is 0 Å². The van der Waals surface area contributed by atoms with Gasteiger partial charge in [0.25, 0.3) is 0 Å². The summed E-state index contributed by atoms with van der Waals surface area (Å²) in [6.45, 7) is 11.1. The predicted octanol–water partition coefficient (Wildman–Crippen LogP) is 2.47. The second kappa shape index (κ2) is 7.04. The van der Waals surface area contributed by atoms with Crippen molar-refractivity contribution in [3.8, 4) is 0 Å². The third kappa shape index (κ3) is 3.70. The van der Waals surface area contributed by atoms with E-state index in [9.17, 15) is 4.79 Å². The zero-order valence-corrected chi connectivity index (χ0v) is 12.6. The Kier molecular flexibility index (Phi) is 5.11. The first-order chi connectivity index (χ1) is 10.1. The number of aromatic nitrogens is 1. The van der Waals surface area contributed by atoms with Crippen LogP contribution in [0.1, 0.15) is 18.1 Å². The lowest BCUT2D eigenvalue weighted by atomic mass is 10.1. The molecule has 2 rings (SSSR count). The summed E-state index contributed by atoms with van der Waals surface area (Å²) in [5.41, 5.74) is 3.84. The molecular formula is C16H21N3O2. The highest BCUT2D eigenvalue weighted by molar-refractivity contribution is 5.84. The highest BCUT2D eigenvalue weighted by Crippen LogP contribution is 2.26. The fraction of sp³-hybridized carbons (Fsp3) is 0.375. The Hall–Kier alpha value is -2.14. The molecule has 1 aromatic heterocycles. The first-order valence-corrected chi connectivity index (χ1v) is 6.99. The van der Waals surface area contributed by atoms with Gasteiger partial charge >= 0.3 is 0 Å². The molecule has 112 valence electrons. The molecule has 2 heterocycles. The fourth-order valence-electron chi connectivity index (χ4n) is 2.29. The van der Waals surface area contributed by atoms with Crippen LogP contribution in [0, 0.1) is 6.92 Å². The monoisotopic (exact) mass is 287 g/mol. The van der Waals surface area contributed by atoms with Crippen molar-refractivity contribution >= 4 is 23.9 Å². The Morgan fingerprint density at radius 2 is 2.19 bits per heavy atom. The quantitative estimate of drug-likeness (QED) is 0.514. The summed E-state index contributed by atoms with van der Waals surface area (Å²) < 4.78 is 5.32. The molecule has 0 amide bonds. The van der Waals surface area contributed by atoms with Gasteiger partial charge in [-0.1, -0.05) is 6.58 Å². The average Bonchev–Trinajstić information content (AvgIpc) is 2.87. The van der Waals surface area contributed by atoms with Crippen LogP contribution in [0.25, 0.3) is 5.57 Å². The SMILES string of the molecule is C=C(/C=N\c1[nH]cc(/C(C)=C/C=O)c1C)N1CCOCC1. The standard InChI is InChI=1S/C16H21N3O2/c1-12(4-7-20)15-11-18-16(14(15)3)17-10-13(2)19-5-8-21-9-6-19/h4,7,10-11,18H,2,5-6,8-9H2,1,3H3/b12-4+,17-10-. The van der Waals surface area contributed by atoms with E-state index in [0.29, 0.717) is 0 Å². The minimum atomic E-state index is 0.730. The minimum absolute atomic E-state index is 0.730. The van der Waals surface area contributed by atoms with Crippen molar-refractivity contribution in [2.24, 2.45) is 4.99 Å². The highest BCUT2D eigenvalue weighted by atomic mass is 16.5. The van der Waals surface area contributed by atoms with Gasteiger partial charge < -0.3 is 14.6 Å². The number of aldehydes is 1. The molecule has 1 N–H and O–H groups in total. The van der Waals surface area contributed by atoms with Gasteiger partial charge in [0.15, 0.2) is 0 Å². The molecule has 5 heteroatoms. The predicted molar refractivity (Wildman–Crippen MR) is 84.9 cm³/mol. The van der Waals surface area contributed by atoms with Crippen molar-refractivity contribution in [1.82, 2.24) is 9.88 Å². The summed E-state index contributed by atoms with van der Waals surface area (Å²) in [7, 11) is 0. The summed E-state index contributed by atoms with van der Waals surface area (Å²) in [6, 6.07) is 0. The smallest absolute Gasteiger partial charge is 0.143 e. The van der Waals surface area contributed by atoms with Crippen LogP contribution in [-0.4, -0.2) is 48.7 Å². The summed E-state index contributed by atoms with van der Waals surface area (Å²) in [5, 5.41) is 0. The highest BCUT2D eigenvalue weighted by Gasteiger charge is 2.11. The zero-order chi connectivity index (χ0) is 15.2. The molecule has 0 bridgehead atoms. The van der Waals surface area contributed by atoms with Crippen molar-refractivity contribution in [2.45, 2.75) is 13.8 Å². The van der Waals surface area contributed by atoms with Crippen molar-refractivity contribution in [2.75, 3.05) is 26.3 Å². The Bertz CT molecular complexity index is 578. The molecule has 1 aliphatic heterocycles. The number of carbonyl (C=O) groups excluding carboxylic acids is 1. The van der Waals surface area contributed by atoms with Crippen molar-refractivity contribution in [3.63, 3.8) is 0 Å². The molecule has 0 atom stereocenters. The van der Waals surface area contributed by atoms with Crippen LogP contribution in [0.5, 0.6) is 0 Å². The molecule has 0 saturated carbocycles. The van der Waals surface area contributed by atoms with E-state index in [1.807, 2.05) is 20.0 Å². The normalized spacial score (nSPS) is 16.5. The molecular weight excluding hydrogens is 266 g/mol. The van der Waals surface area contributed by atoms with E-state index in [-0.39, 0.29) is 0 Å². The largest absolute Gasteiger partial charge is 0.378 e. The van der Waals surface area contributed by atoms with Gasteiger partial charge in [0.05, 0.1) is 19.4 Å². The number of morpholine rings is 1. The molecule has 0 aromatic carbocycles. The van der Waals surface area contributed by atoms with Gasteiger partial charge in [-0.3, -0.25) is 4.79 Å². The van der Waals surface area contributed by atoms with E-state index >= 15 is 0 Å². The van der Waals surface area contributed by atoms with Gasteiger partial charge in [-0.2, -0.15) is 0 Å². The second-order valence-corrected chi connectivity index (χ2v) is 5.01. The van der Waals surface area contributed by atoms with Gasteiger partial charge in [-0.15, -0.1) is 0 Å². The fourth-order valence-corrected chi connectivity index (χ4v) is 2.29. The van der Waals surface area contributed by atoms with E-state index in [4.69, 9.17) is 4.74 Å². The molecule has 21 heavy (non-hydrogen) atoms. The minimum Gasteiger partial charge on any atom is -0.378 e. The molecule has 0 aliphatic carbocycles. The summed E-state index contributed by atoms with van der Waals surface area (Å²) in [4.78, 5) is 20.3. The maximum atomic E-state index is 10.6. The Labute approximate surface area is 125 Å². The number of nitrogens with zero attached hydrogens (tertiary/aromatic N) is 2. The maximum absolute atomic E-state index is 10.6. The molecule has 1 saturated heterocycles. The van der Waals surface area contributed by atoms with Gasteiger partial charge in [0.2, 0.25) is 0 Å². The zero-order valence-electron chi connectivity index (χ0n) is 12.6. The maximum Gasteiger partial charge on any atom is 0.143 e. The van der Waals surface area contributed by atoms with E-state index in [2.05, 4.69) is 21.5 Å². The first-order valence-electron chi connectivity index (χ1n) is 6.99. The number of nitrogens with one attached hydrogen (secondary N) is 1. The third-order valence-electron chi connectivity index (χ3n) is 3.62. The third-order valence-corrected chi connectivity index (χ3v) is 3.62. The summed E-state index contributed by atoms with van der Waals surface area (Å²) in [5.74, 6) is 0.790. The van der Waals surface area contributed by atoms with Gasteiger partial charge in [-0.25, -0.2) is 4.99 Å². The molecule has 5 nitrogen and oxygen atoms in total. The van der Waals surface area contributed by atoms with E-state index in [0.717, 1.165) is 60.8 Å². The van der Waals surface area contributed by atoms with Crippen LogP contribution in [0.2, 0.25) is 0 Å². The number of allylic oxidation sites excluding steroid dienone is 3. The first kappa shape index (κ1) is 15.3. The second-order valence-electron chi connectivity index (χ2n) is 5.01. The van der Waals surface area contributed by atoms with Gasteiger partial charge in [-0.05, 0) is 25.5 Å². The number of H-pyrrole nitrogens is 1. The van der Waals surface area contributed by atoms with Crippen molar-refractivity contribution in [1.29, 1.82) is 0 Å². The molecule has 1 aromatic rings. The van der Waals surface area contributed by atoms with Crippen LogP contribution in [0.15, 0.2) is 29.5 Å². The lowest BCUT2D eigenvalue weighted by Crippen LogP contribution is -2.35. The Morgan fingerprint density at radius 3 is 2.86 bits per heavy atom. The number of ether oxygens (including phenoxy) is 1. The van der Waals surface area contributed by atoms with Gasteiger partial charge in [0, 0.05) is 36.1 Å². The van der Waals surface area contributed by atoms with Gasteiger partial charge in [0.1, 0.15) is 12.1 Å². The van der Waals surface area contributed by atoms with E-state index in [1.165, 1.54) is 0 Å². The lowest BCUT2D eigenvalue weighted by Gasteiger charge is -2.28. The van der Waals surface area contributed by atoms with E-state index in [1.54, 1.807) is 12.3 Å². The van der Waals surface area contributed by atoms with Crippen molar-refractivity contribution < 1.29 is 9.53 Å². The van der Waals surface area contributed by atoms with Crippen LogP contribution in [0.3, 0.4) is 0 Å². The van der Waals surface area contributed by atoms with Crippen molar-refractivity contribution in [3.05, 3.63) is 35.7 Å². The number of rotatable bonds is 5. The molecule has 0 spiro atoms. The number of aliphatic imine (C=N–C) groups is 1. The lowest BCUT2D eigenvalue weighted by molar-refractivity contribution is -0.104. The van der Waals surface area contributed by atoms with Crippen LogP contribution >= 0.6 is 0 Å². The average molecular weight is 287 g/mol. The Balaban J connectivity index is 2.09. The number of hydrogen-bond donors (Lipinski definition) is 1. The molecule has 0 radical (unpaired) electrons. The van der Waals surface area contributed by atoms with Crippen LogP contribution in [0.4, 0.5) is 5.82 Å². The topological polar surface area (TPSA) is 57.7 Å².